The van der Waals surface area contributed by atoms with Gasteiger partial charge in [-0.05, 0) is 30.3 Å². The number of hydrogen-bond donors (Lipinski definition) is 1. The molecule has 0 saturated heterocycles. The highest BCUT2D eigenvalue weighted by molar-refractivity contribution is 6.36. The molecule has 0 radical (unpaired) electrons. The average Bonchev–Trinajstić information content (AvgIpc) is 3.01. The molecular weight excluding hydrogens is 351 g/mol. The number of nitrogens with zero attached hydrogens (tertiary/aromatic N) is 1. The lowest BCUT2D eigenvalue weighted by molar-refractivity contribution is -0.117. The second-order valence-corrected chi connectivity index (χ2v) is 5.59. The summed E-state index contributed by atoms with van der Waals surface area (Å²) in [5.41, 5.74) is 0.609. The van der Waals surface area contributed by atoms with E-state index >= 15 is 0 Å². The van der Waals surface area contributed by atoms with Gasteiger partial charge in [-0.25, -0.2) is 0 Å². The minimum atomic E-state index is -0.489. The maximum absolute atomic E-state index is 11.9. The fourth-order valence-electron chi connectivity index (χ4n) is 1.92. The molecule has 2 rings (SSSR count). The maximum atomic E-state index is 11.9. The van der Waals surface area contributed by atoms with Crippen molar-refractivity contribution >= 4 is 35.2 Å². The first-order chi connectivity index (χ1) is 11.5. The monoisotopic (exact) mass is 364 g/mol. The summed E-state index contributed by atoms with van der Waals surface area (Å²) in [4.78, 5) is 11.9. The van der Waals surface area contributed by atoms with E-state index in [1.54, 1.807) is 30.3 Å². The minimum Gasteiger partial charge on any atom is -0.457 e. The van der Waals surface area contributed by atoms with Crippen molar-refractivity contribution < 1.29 is 13.9 Å². The van der Waals surface area contributed by atoms with Crippen molar-refractivity contribution in [3.05, 3.63) is 51.7 Å². The van der Waals surface area contributed by atoms with Gasteiger partial charge in [0.1, 0.15) is 23.2 Å². The molecule has 1 aromatic carbocycles. The van der Waals surface area contributed by atoms with Crippen LogP contribution in [0, 0.1) is 11.3 Å². The Balaban J connectivity index is 2.19. The Labute approximate surface area is 149 Å². The number of carbonyl (C=O) groups excluding carboxylic acids is 1. The molecule has 0 aliphatic rings. The van der Waals surface area contributed by atoms with Crippen molar-refractivity contribution in [2.24, 2.45) is 0 Å². The molecule has 1 amide bonds. The van der Waals surface area contributed by atoms with E-state index in [0.29, 0.717) is 40.3 Å². The van der Waals surface area contributed by atoms with E-state index < -0.39 is 5.91 Å². The summed E-state index contributed by atoms with van der Waals surface area (Å²) in [5, 5.41) is 12.7. The Bertz CT molecular complexity index is 806. The van der Waals surface area contributed by atoms with Crippen LogP contribution < -0.4 is 5.32 Å². The summed E-state index contributed by atoms with van der Waals surface area (Å²) >= 11 is 12.0. The highest BCUT2D eigenvalue weighted by Gasteiger charge is 2.12. The summed E-state index contributed by atoms with van der Waals surface area (Å²) < 4.78 is 10.5. The predicted molar refractivity (Wildman–Crippen MR) is 92.6 cm³/mol. The molecule has 0 aliphatic heterocycles. The van der Waals surface area contributed by atoms with Crippen LogP contribution in [0.15, 0.2) is 40.3 Å². The summed E-state index contributed by atoms with van der Waals surface area (Å²) in [6, 6.07) is 10.3. The summed E-state index contributed by atoms with van der Waals surface area (Å²) in [5.74, 6) is 0.395. The van der Waals surface area contributed by atoms with Gasteiger partial charge in [0.15, 0.2) is 0 Å². The third-order valence-corrected chi connectivity index (χ3v) is 3.61. The van der Waals surface area contributed by atoms with Gasteiger partial charge in [0.2, 0.25) is 0 Å². The van der Waals surface area contributed by atoms with Gasteiger partial charge in [-0.3, -0.25) is 4.79 Å². The summed E-state index contributed by atoms with van der Waals surface area (Å²) in [7, 11) is 1.53. The number of hydrogen-bond acceptors (Lipinski definition) is 4. The SMILES string of the molecule is COCCNC(=O)C(C#N)=Cc1ccc(-c2ccc(Cl)cc2Cl)o1. The van der Waals surface area contributed by atoms with E-state index in [-0.39, 0.29) is 5.57 Å². The number of ether oxygens (including phenoxy) is 1. The minimum absolute atomic E-state index is 0.0609. The number of carbonyl (C=O) groups is 1. The van der Waals surface area contributed by atoms with E-state index in [1.807, 2.05) is 6.07 Å². The molecule has 1 aromatic heterocycles. The van der Waals surface area contributed by atoms with Crippen LogP contribution in [0.3, 0.4) is 0 Å². The van der Waals surface area contributed by atoms with E-state index in [0.717, 1.165) is 0 Å². The second kappa shape index (κ2) is 8.55. The van der Waals surface area contributed by atoms with Gasteiger partial charge in [-0.2, -0.15) is 5.26 Å². The Hall–Kier alpha value is -2.26. The number of rotatable bonds is 6. The van der Waals surface area contributed by atoms with Crippen LogP contribution in [0.5, 0.6) is 0 Å². The fraction of sp³-hybridized carbons (Fsp3) is 0.176. The molecule has 0 saturated carbocycles. The molecule has 0 atom stereocenters. The number of benzene rings is 1. The van der Waals surface area contributed by atoms with Crippen molar-refractivity contribution in [1.82, 2.24) is 5.32 Å². The number of nitriles is 1. The van der Waals surface area contributed by atoms with Crippen LogP contribution in [0.1, 0.15) is 5.76 Å². The Kier molecular flexibility index (Phi) is 6.44. The fourth-order valence-corrected chi connectivity index (χ4v) is 2.42. The van der Waals surface area contributed by atoms with E-state index in [9.17, 15) is 4.79 Å². The molecule has 7 heteroatoms. The molecular formula is C17H14Cl2N2O3. The van der Waals surface area contributed by atoms with Crippen LogP contribution in [-0.2, 0) is 9.53 Å². The molecule has 24 heavy (non-hydrogen) atoms. The number of halogens is 2. The van der Waals surface area contributed by atoms with Crippen molar-refractivity contribution in [3.8, 4) is 17.4 Å². The molecule has 0 bridgehead atoms. The lowest BCUT2D eigenvalue weighted by Crippen LogP contribution is -2.27. The van der Waals surface area contributed by atoms with Crippen LogP contribution in [0.25, 0.3) is 17.4 Å². The van der Waals surface area contributed by atoms with Crippen molar-refractivity contribution in [2.45, 2.75) is 0 Å². The van der Waals surface area contributed by atoms with Crippen LogP contribution >= 0.6 is 23.2 Å². The molecule has 1 heterocycles. The normalized spacial score (nSPS) is 11.2. The van der Waals surface area contributed by atoms with E-state index in [4.69, 9.17) is 37.6 Å². The highest BCUT2D eigenvalue weighted by Crippen LogP contribution is 2.31. The number of amides is 1. The standard InChI is InChI=1S/C17H14Cl2N2O3/c1-23-7-6-21-17(22)11(10-20)8-13-3-5-16(24-13)14-4-2-12(18)9-15(14)19/h2-5,8-9H,6-7H2,1H3,(H,21,22). The Morgan fingerprint density at radius 1 is 1.38 bits per heavy atom. The first kappa shape index (κ1) is 18.1. The van der Waals surface area contributed by atoms with Crippen LogP contribution in [0.2, 0.25) is 10.0 Å². The van der Waals surface area contributed by atoms with Crippen molar-refractivity contribution in [3.63, 3.8) is 0 Å². The van der Waals surface area contributed by atoms with Crippen molar-refractivity contribution in [1.29, 1.82) is 5.26 Å². The van der Waals surface area contributed by atoms with Crippen molar-refractivity contribution in [2.75, 3.05) is 20.3 Å². The van der Waals surface area contributed by atoms with Gasteiger partial charge in [0.05, 0.1) is 11.6 Å². The predicted octanol–water partition coefficient (Wildman–Crippen LogP) is 3.92. The van der Waals surface area contributed by atoms with E-state index in [2.05, 4.69) is 5.32 Å². The third-order valence-electron chi connectivity index (χ3n) is 3.07. The first-order valence-corrected chi connectivity index (χ1v) is 7.75. The van der Waals surface area contributed by atoms with Crippen LogP contribution in [0.4, 0.5) is 0 Å². The molecule has 0 spiro atoms. The van der Waals surface area contributed by atoms with Gasteiger partial charge in [-0.15, -0.1) is 0 Å². The molecule has 0 unspecified atom stereocenters. The van der Waals surface area contributed by atoms with Gasteiger partial charge in [0, 0.05) is 30.3 Å². The van der Waals surface area contributed by atoms with Gasteiger partial charge < -0.3 is 14.5 Å². The zero-order valence-electron chi connectivity index (χ0n) is 12.8. The first-order valence-electron chi connectivity index (χ1n) is 6.99. The summed E-state index contributed by atoms with van der Waals surface area (Å²) in [6.45, 7) is 0.683. The summed E-state index contributed by atoms with van der Waals surface area (Å²) in [6.07, 6.45) is 1.37. The third kappa shape index (κ3) is 4.62. The number of nitrogens with one attached hydrogen (secondary N) is 1. The second-order valence-electron chi connectivity index (χ2n) is 4.74. The Morgan fingerprint density at radius 2 is 2.17 bits per heavy atom. The molecule has 0 fully saturated rings. The maximum Gasteiger partial charge on any atom is 0.262 e. The van der Waals surface area contributed by atoms with Crippen LogP contribution in [-0.4, -0.2) is 26.2 Å². The lowest BCUT2D eigenvalue weighted by Gasteiger charge is -2.02. The Morgan fingerprint density at radius 3 is 2.83 bits per heavy atom. The lowest BCUT2D eigenvalue weighted by atomic mass is 10.2. The largest absolute Gasteiger partial charge is 0.457 e. The molecule has 124 valence electrons. The smallest absolute Gasteiger partial charge is 0.262 e. The van der Waals surface area contributed by atoms with Gasteiger partial charge >= 0.3 is 0 Å². The number of methoxy groups -OCH3 is 1. The molecule has 2 aromatic rings. The molecule has 1 N–H and O–H groups in total. The highest BCUT2D eigenvalue weighted by atomic mass is 35.5. The topological polar surface area (TPSA) is 75.3 Å². The quantitative estimate of drug-likeness (QED) is 0.478. The van der Waals surface area contributed by atoms with Gasteiger partial charge in [-0.1, -0.05) is 23.2 Å². The zero-order chi connectivity index (χ0) is 17.5. The average molecular weight is 365 g/mol. The van der Waals surface area contributed by atoms with Gasteiger partial charge in [0.25, 0.3) is 5.91 Å². The molecule has 5 nitrogen and oxygen atoms in total. The zero-order valence-corrected chi connectivity index (χ0v) is 14.3. The molecule has 0 aliphatic carbocycles. The van der Waals surface area contributed by atoms with E-state index in [1.165, 1.54) is 13.2 Å². The number of furan rings is 1.